The van der Waals surface area contributed by atoms with Crippen LogP contribution in [0.25, 0.3) is 32.3 Å². The zero-order valence-electron chi connectivity index (χ0n) is 12.3. The van der Waals surface area contributed by atoms with Crippen LogP contribution in [-0.4, -0.2) is 6.61 Å². The fraction of sp³-hybridized carbons (Fsp3) is 0.0476. The lowest BCUT2D eigenvalue weighted by molar-refractivity contribution is 0.368. The normalized spacial score (nSPS) is 11.1. The van der Waals surface area contributed by atoms with Crippen LogP contribution in [0, 0.1) is 0 Å². The van der Waals surface area contributed by atoms with Gasteiger partial charge in [-0.1, -0.05) is 61.2 Å². The topological polar surface area (TPSA) is 9.23 Å². The van der Waals surface area contributed by atoms with Crippen molar-refractivity contribution in [1.29, 1.82) is 0 Å². The van der Waals surface area contributed by atoms with Crippen LogP contribution in [0.15, 0.2) is 79.4 Å². The highest BCUT2D eigenvalue weighted by Gasteiger charge is 2.07. The van der Waals surface area contributed by atoms with E-state index >= 15 is 0 Å². The summed E-state index contributed by atoms with van der Waals surface area (Å²) in [6.07, 6.45) is 1.78. The van der Waals surface area contributed by atoms with Crippen LogP contribution in [0.4, 0.5) is 0 Å². The van der Waals surface area contributed by atoms with Gasteiger partial charge in [-0.25, -0.2) is 0 Å². The van der Waals surface area contributed by atoms with Gasteiger partial charge in [0, 0.05) is 5.39 Å². The van der Waals surface area contributed by atoms with Crippen LogP contribution in [0.2, 0.25) is 0 Å². The fourth-order valence-electron chi connectivity index (χ4n) is 3.04. The Morgan fingerprint density at radius 2 is 1.50 bits per heavy atom. The van der Waals surface area contributed by atoms with E-state index in [9.17, 15) is 0 Å². The van der Waals surface area contributed by atoms with Crippen LogP contribution < -0.4 is 4.74 Å². The highest BCUT2D eigenvalue weighted by molar-refractivity contribution is 6.14. The molecule has 0 aromatic heterocycles. The van der Waals surface area contributed by atoms with Crippen LogP contribution in [0.5, 0.6) is 5.75 Å². The summed E-state index contributed by atoms with van der Waals surface area (Å²) in [5, 5.41) is 7.36. The molecule has 0 N–H and O–H groups in total. The molecular weight excluding hydrogens is 268 g/mol. The van der Waals surface area contributed by atoms with E-state index in [2.05, 4.69) is 61.2 Å². The SMILES string of the molecule is C=CCOc1cccc2ccc3cc4ccccc4cc3c12. The van der Waals surface area contributed by atoms with E-state index in [1.165, 1.54) is 32.3 Å². The van der Waals surface area contributed by atoms with Gasteiger partial charge in [-0.15, -0.1) is 0 Å². The van der Waals surface area contributed by atoms with Crippen molar-refractivity contribution in [2.45, 2.75) is 0 Å². The molecule has 0 fully saturated rings. The maximum atomic E-state index is 5.87. The summed E-state index contributed by atoms with van der Waals surface area (Å²) in [7, 11) is 0. The summed E-state index contributed by atoms with van der Waals surface area (Å²) in [6.45, 7) is 4.25. The Balaban J connectivity index is 2.11. The molecule has 106 valence electrons. The summed E-state index contributed by atoms with van der Waals surface area (Å²) in [5.74, 6) is 0.915. The minimum atomic E-state index is 0.517. The molecule has 4 aromatic carbocycles. The quantitative estimate of drug-likeness (QED) is 0.266. The lowest BCUT2D eigenvalue weighted by Gasteiger charge is -2.11. The number of hydrogen-bond donors (Lipinski definition) is 0. The number of benzene rings is 4. The average molecular weight is 284 g/mol. The molecule has 4 aromatic rings. The molecule has 0 saturated carbocycles. The van der Waals surface area contributed by atoms with Crippen molar-refractivity contribution >= 4 is 32.3 Å². The Labute approximate surface area is 129 Å². The number of rotatable bonds is 3. The van der Waals surface area contributed by atoms with Gasteiger partial charge in [-0.2, -0.15) is 0 Å². The van der Waals surface area contributed by atoms with Gasteiger partial charge < -0.3 is 4.74 Å². The third-order valence-corrected chi connectivity index (χ3v) is 4.04. The highest BCUT2D eigenvalue weighted by Crippen LogP contribution is 2.35. The van der Waals surface area contributed by atoms with Crippen LogP contribution in [-0.2, 0) is 0 Å². The standard InChI is InChI=1S/C21H16O/c1-2-12-22-20-9-5-8-15-10-11-18-13-16-6-3-4-7-17(16)14-19(18)21(15)20/h2-11,13-14H,1,12H2. The molecule has 0 spiro atoms. The van der Waals surface area contributed by atoms with Crippen molar-refractivity contribution in [2.75, 3.05) is 6.61 Å². The molecule has 0 amide bonds. The second-order valence-corrected chi connectivity index (χ2v) is 5.44. The van der Waals surface area contributed by atoms with Crippen LogP contribution >= 0.6 is 0 Å². The predicted molar refractivity (Wildman–Crippen MR) is 94.7 cm³/mol. The molecule has 1 nitrogen and oxygen atoms in total. The summed E-state index contributed by atoms with van der Waals surface area (Å²) >= 11 is 0. The molecule has 0 atom stereocenters. The third-order valence-electron chi connectivity index (χ3n) is 4.04. The van der Waals surface area contributed by atoms with E-state index in [4.69, 9.17) is 4.74 Å². The summed E-state index contributed by atoms with van der Waals surface area (Å²) in [4.78, 5) is 0. The Bertz CT molecular complexity index is 998. The summed E-state index contributed by atoms with van der Waals surface area (Å²) in [6, 6.07) is 23.5. The first-order valence-corrected chi connectivity index (χ1v) is 7.45. The first kappa shape index (κ1) is 12.9. The van der Waals surface area contributed by atoms with Crippen molar-refractivity contribution in [3.05, 3.63) is 79.4 Å². The van der Waals surface area contributed by atoms with Gasteiger partial charge >= 0.3 is 0 Å². The summed E-state index contributed by atoms with van der Waals surface area (Å²) < 4.78 is 5.87. The molecule has 1 heteroatoms. The maximum Gasteiger partial charge on any atom is 0.128 e. The lowest BCUT2D eigenvalue weighted by atomic mass is 9.98. The van der Waals surface area contributed by atoms with Gasteiger partial charge in [0.25, 0.3) is 0 Å². The first-order valence-electron chi connectivity index (χ1n) is 7.45. The third kappa shape index (κ3) is 2.03. The van der Waals surface area contributed by atoms with Gasteiger partial charge in [-0.05, 0) is 45.1 Å². The zero-order chi connectivity index (χ0) is 14.9. The molecule has 0 aliphatic rings. The number of ether oxygens (including phenoxy) is 1. The maximum absolute atomic E-state index is 5.87. The van der Waals surface area contributed by atoms with Crippen molar-refractivity contribution in [3.8, 4) is 5.75 Å². The molecule has 22 heavy (non-hydrogen) atoms. The van der Waals surface area contributed by atoms with Gasteiger partial charge in [0.1, 0.15) is 12.4 Å². The molecule has 0 saturated heterocycles. The van der Waals surface area contributed by atoms with Gasteiger partial charge in [-0.3, -0.25) is 0 Å². The largest absolute Gasteiger partial charge is 0.489 e. The molecule has 0 aliphatic heterocycles. The zero-order valence-corrected chi connectivity index (χ0v) is 12.3. The number of hydrogen-bond acceptors (Lipinski definition) is 1. The molecule has 4 rings (SSSR count). The monoisotopic (exact) mass is 284 g/mol. The van der Waals surface area contributed by atoms with E-state index in [1.807, 2.05) is 12.1 Å². The van der Waals surface area contributed by atoms with Crippen molar-refractivity contribution < 1.29 is 4.74 Å². The Morgan fingerprint density at radius 3 is 2.32 bits per heavy atom. The Morgan fingerprint density at radius 1 is 0.773 bits per heavy atom. The van der Waals surface area contributed by atoms with E-state index < -0.39 is 0 Å². The fourth-order valence-corrected chi connectivity index (χ4v) is 3.04. The summed E-state index contributed by atoms with van der Waals surface area (Å²) in [5.41, 5.74) is 0. The second kappa shape index (κ2) is 5.19. The molecule has 0 bridgehead atoms. The molecule has 0 heterocycles. The van der Waals surface area contributed by atoms with E-state index in [0.29, 0.717) is 6.61 Å². The molecule has 0 radical (unpaired) electrons. The average Bonchev–Trinajstić information content (AvgIpc) is 2.57. The van der Waals surface area contributed by atoms with Crippen molar-refractivity contribution in [3.63, 3.8) is 0 Å². The van der Waals surface area contributed by atoms with E-state index in [0.717, 1.165) is 5.75 Å². The Hall–Kier alpha value is -2.80. The second-order valence-electron chi connectivity index (χ2n) is 5.44. The highest BCUT2D eigenvalue weighted by atomic mass is 16.5. The minimum absolute atomic E-state index is 0.517. The smallest absolute Gasteiger partial charge is 0.128 e. The predicted octanol–water partition coefficient (Wildman–Crippen LogP) is 5.71. The van der Waals surface area contributed by atoms with Gasteiger partial charge in [0.05, 0.1) is 0 Å². The molecule has 0 aliphatic carbocycles. The Kier molecular flexibility index (Phi) is 3.05. The molecular formula is C21H16O. The number of fused-ring (bicyclic) bond motifs is 4. The molecule has 0 unspecified atom stereocenters. The van der Waals surface area contributed by atoms with Crippen molar-refractivity contribution in [1.82, 2.24) is 0 Å². The van der Waals surface area contributed by atoms with E-state index in [-0.39, 0.29) is 0 Å². The van der Waals surface area contributed by atoms with Gasteiger partial charge in [0.15, 0.2) is 0 Å². The van der Waals surface area contributed by atoms with E-state index in [1.54, 1.807) is 6.08 Å². The van der Waals surface area contributed by atoms with Crippen LogP contribution in [0.3, 0.4) is 0 Å². The van der Waals surface area contributed by atoms with Crippen molar-refractivity contribution in [2.24, 2.45) is 0 Å². The van der Waals surface area contributed by atoms with Gasteiger partial charge in [0.2, 0.25) is 0 Å². The van der Waals surface area contributed by atoms with Crippen LogP contribution in [0.1, 0.15) is 0 Å². The first-order chi connectivity index (χ1) is 10.9. The lowest BCUT2D eigenvalue weighted by Crippen LogP contribution is -1.94. The minimum Gasteiger partial charge on any atom is -0.489 e.